The van der Waals surface area contributed by atoms with Crippen LogP contribution >= 0.6 is 22.9 Å². The van der Waals surface area contributed by atoms with Crippen molar-refractivity contribution < 1.29 is 17.6 Å². The minimum absolute atomic E-state index is 0.177. The monoisotopic (exact) mass is 323 g/mol. The van der Waals surface area contributed by atoms with Crippen LogP contribution in [0.2, 0.25) is 5.02 Å². The SMILES string of the molecule is CNC(c1cc(F)ccc1C(F)(F)F)c1sccc1Cl. The van der Waals surface area contributed by atoms with Crippen LogP contribution in [0.5, 0.6) is 0 Å². The Bertz CT molecular complexity index is 609. The molecule has 2 rings (SSSR count). The molecule has 1 heterocycles. The van der Waals surface area contributed by atoms with Crippen molar-refractivity contribution in [1.82, 2.24) is 5.32 Å². The highest BCUT2D eigenvalue weighted by atomic mass is 35.5. The molecule has 20 heavy (non-hydrogen) atoms. The normalized spacial score (nSPS) is 13.5. The van der Waals surface area contributed by atoms with Crippen molar-refractivity contribution in [2.45, 2.75) is 12.2 Å². The summed E-state index contributed by atoms with van der Waals surface area (Å²) in [5, 5.41) is 4.79. The highest BCUT2D eigenvalue weighted by Crippen LogP contribution is 2.39. The lowest BCUT2D eigenvalue weighted by Crippen LogP contribution is -2.21. The van der Waals surface area contributed by atoms with E-state index in [0.717, 1.165) is 18.2 Å². The second kappa shape index (κ2) is 5.71. The smallest absolute Gasteiger partial charge is 0.309 e. The summed E-state index contributed by atoms with van der Waals surface area (Å²) in [5.41, 5.74) is -1.05. The van der Waals surface area contributed by atoms with Crippen molar-refractivity contribution in [2.75, 3.05) is 7.05 Å². The molecule has 7 heteroatoms. The standard InChI is InChI=1S/C13H10ClF4NS/c1-19-11(12-10(14)4-5-20-12)8-6-7(15)2-3-9(8)13(16,17)18/h2-6,11,19H,1H3. The van der Waals surface area contributed by atoms with Crippen LogP contribution in [0.15, 0.2) is 29.6 Å². The predicted octanol–water partition coefficient (Wildman–Crippen LogP) is 4.87. The first-order valence-corrected chi connectivity index (χ1v) is 6.87. The van der Waals surface area contributed by atoms with Crippen molar-refractivity contribution in [3.05, 3.63) is 56.5 Å². The third kappa shape index (κ3) is 2.97. The number of benzene rings is 1. The molecule has 0 amide bonds. The van der Waals surface area contributed by atoms with Crippen LogP contribution in [-0.4, -0.2) is 7.05 Å². The van der Waals surface area contributed by atoms with E-state index in [4.69, 9.17) is 11.6 Å². The third-order valence-corrected chi connectivity index (χ3v) is 4.25. The molecule has 1 N–H and O–H groups in total. The van der Waals surface area contributed by atoms with Crippen molar-refractivity contribution >= 4 is 22.9 Å². The highest BCUT2D eigenvalue weighted by Gasteiger charge is 2.36. The molecule has 0 spiro atoms. The van der Waals surface area contributed by atoms with E-state index >= 15 is 0 Å². The van der Waals surface area contributed by atoms with Gasteiger partial charge in [0.1, 0.15) is 5.82 Å². The summed E-state index contributed by atoms with van der Waals surface area (Å²) in [4.78, 5) is 0.519. The zero-order valence-electron chi connectivity index (χ0n) is 10.3. The molecule has 1 aromatic heterocycles. The Balaban J connectivity index is 2.60. The van der Waals surface area contributed by atoms with Gasteiger partial charge in [0.25, 0.3) is 0 Å². The van der Waals surface area contributed by atoms with Gasteiger partial charge in [0, 0.05) is 4.88 Å². The minimum atomic E-state index is -4.55. The maximum atomic E-state index is 13.3. The molecule has 0 bridgehead atoms. The lowest BCUT2D eigenvalue weighted by Gasteiger charge is -2.21. The Morgan fingerprint density at radius 1 is 1.25 bits per heavy atom. The van der Waals surface area contributed by atoms with Gasteiger partial charge in [-0.05, 0) is 42.3 Å². The lowest BCUT2D eigenvalue weighted by molar-refractivity contribution is -0.138. The van der Waals surface area contributed by atoms with Crippen LogP contribution in [0.4, 0.5) is 17.6 Å². The molecule has 1 nitrogen and oxygen atoms in total. The minimum Gasteiger partial charge on any atom is -0.309 e. The van der Waals surface area contributed by atoms with E-state index in [2.05, 4.69) is 5.32 Å². The van der Waals surface area contributed by atoms with Gasteiger partial charge in [0.05, 0.1) is 16.6 Å². The molecule has 1 unspecified atom stereocenters. The largest absolute Gasteiger partial charge is 0.416 e. The zero-order valence-corrected chi connectivity index (χ0v) is 11.8. The predicted molar refractivity (Wildman–Crippen MR) is 71.6 cm³/mol. The summed E-state index contributed by atoms with van der Waals surface area (Å²) >= 11 is 7.18. The number of nitrogens with one attached hydrogen (secondary N) is 1. The average Bonchev–Trinajstić information content (AvgIpc) is 2.75. The number of alkyl halides is 3. The first kappa shape index (κ1) is 15.3. The molecule has 1 aromatic carbocycles. The van der Waals surface area contributed by atoms with E-state index in [1.165, 1.54) is 18.4 Å². The molecule has 108 valence electrons. The van der Waals surface area contributed by atoms with Gasteiger partial charge in [-0.25, -0.2) is 4.39 Å². The van der Waals surface area contributed by atoms with Crippen LogP contribution in [0, 0.1) is 5.82 Å². The van der Waals surface area contributed by atoms with Crippen molar-refractivity contribution in [3.63, 3.8) is 0 Å². The molecule has 0 radical (unpaired) electrons. The first-order chi connectivity index (χ1) is 9.34. The molecule has 0 fully saturated rings. The second-order valence-corrected chi connectivity index (χ2v) is 5.44. The fourth-order valence-electron chi connectivity index (χ4n) is 1.97. The van der Waals surface area contributed by atoms with E-state index in [1.54, 1.807) is 11.4 Å². The Morgan fingerprint density at radius 3 is 2.45 bits per heavy atom. The quantitative estimate of drug-likeness (QED) is 0.795. The maximum Gasteiger partial charge on any atom is 0.416 e. The van der Waals surface area contributed by atoms with Crippen molar-refractivity contribution in [3.8, 4) is 0 Å². The Morgan fingerprint density at radius 2 is 1.95 bits per heavy atom. The van der Waals surface area contributed by atoms with Crippen molar-refractivity contribution in [1.29, 1.82) is 0 Å². The number of hydrogen-bond acceptors (Lipinski definition) is 2. The Hall–Kier alpha value is -1.11. The first-order valence-electron chi connectivity index (χ1n) is 5.61. The van der Waals surface area contributed by atoms with Gasteiger partial charge < -0.3 is 5.32 Å². The maximum absolute atomic E-state index is 13.3. The van der Waals surface area contributed by atoms with E-state index in [9.17, 15) is 17.6 Å². The van der Waals surface area contributed by atoms with Crippen LogP contribution in [-0.2, 0) is 6.18 Å². The van der Waals surface area contributed by atoms with E-state index in [1.807, 2.05) is 0 Å². The fraction of sp³-hybridized carbons (Fsp3) is 0.231. The van der Waals surface area contributed by atoms with Gasteiger partial charge in [0.15, 0.2) is 0 Å². The zero-order chi connectivity index (χ0) is 14.9. The second-order valence-electron chi connectivity index (χ2n) is 4.08. The average molecular weight is 324 g/mol. The summed E-state index contributed by atoms with van der Waals surface area (Å²) < 4.78 is 52.5. The Kier molecular flexibility index (Phi) is 4.36. The summed E-state index contributed by atoms with van der Waals surface area (Å²) in [6.45, 7) is 0. The van der Waals surface area contributed by atoms with Crippen LogP contribution in [0.3, 0.4) is 0 Å². The summed E-state index contributed by atoms with van der Waals surface area (Å²) in [7, 11) is 1.51. The third-order valence-electron chi connectivity index (χ3n) is 2.83. The summed E-state index contributed by atoms with van der Waals surface area (Å²) in [6.07, 6.45) is -4.55. The van der Waals surface area contributed by atoms with Crippen LogP contribution in [0.25, 0.3) is 0 Å². The van der Waals surface area contributed by atoms with E-state index in [-0.39, 0.29) is 5.56 Å². The highest BCUT2D eigenvalue weighted by molar-refractivity contribution is 7.10. The van der Waals surface area contributed by atoms with Gasteiger partial charge >= 0.3 is 6.18 Å². The fourth-order valence-corrected chi connectivity index (χ4v) is 3.26. The van der Waals surface area contributed by atoms with Gasteiger partial charge in [-0.15, -0.1) is 11.3 Å². The van der Waals surface area contributed by atoms with Crippen LogP contribution in [0.1, 0.15) is 22.0 Å². The number of halogens is 5. The number of thiophene rings is 1. The molecule has 0 saturated carbocycles. The summed E-state index contributed by atoms with van der Waals surface area (Å²) in [5.74, 6) is -0.721. The molecular formula is C13H10ClF4NS. The van der Waals surface area contributed by atoms with E-state index < -0.39 is 23.6 Å². The van der Waals surface area contributed by atoms with Gasteiger partial charge in [-0.3, -0.25) is 0 Å². The van der Waals surface area contributed by atoms with Crippen LogP contribution < -0.4 is 5.32 Å². The molecule has 0 aliphatic carbocycles. The van der Waals surface area contributed by atoms with Gasteiger partial charge in [-0.2, -0.15) is 13.2 Å². The number of rotatable bonds is 3. The molecule has 2 aromatic rings. The molecule has 1 atom stereocenters. The van der Waals surface area contributed by atoms with E-state index in [0.29, 0.717) is 9.90 Å². The number of hydrogen-bond donors (Lipinski definition) is 1. The topological polar surface area (TPSA) is 12.0 Å². The summed E-state index contributed by atoms with van der Waals surface area (Å²) in [6, 6.07) is 3.22. The molecule has 0 aliphatic heterocycles. The van der Waals surface area contributed by atoms with Gasteiger partial charge in [-0.1, -0.05) is 11.6 Å². The lowest BCUT2D eigenvalue weighted by atomic mass is 9.98. The van der Waals surface area contributed by atoms with Crippen molar-refractivity contribution in [2.24, 2.45) is 0 Å². The molecular weight excluding hydrogens is 314 g/mol. The Labute approximate surface area is 122 Å². The molecule has 0 aliphatic rings. The molecule has 0 saturated heterocycles. The van der Waals surface area contributed by atoms with Gasteiger partial charge in [0.2, 0.25) is 0 Å².